The van der Waals surface area contributed by atoms with Gasteiger partial charge in [0.2, 0.25) is 0 Å². The van der Waals surface area contributed by atoms with E-state index in [9.17, 15) is 4.79 Å². The summed E-state index contributed by atoms with van der Waals surface area (Å²) in [5.74, 6) is 0.866. The summed E-state index contributed by atoms with van der Waals surface area (Å²) in [6.07, 6.45) is 11.0. The van der Waals surface area contributed by atoms with Crippen LogP contribution in [0.4, 0.5) is 0 Å². The summed E-state index contributed by atoms with van der Waals surface area (Å²) in [6.45, 7) is 13.9. The first-order valence-corrected chi connectivity index (χ1v) is 14.5. The standard InChI is InChI=1S/C28H44O6S/c1-18(29)32-20-10-12-26(5)19(16-20)8-9-21-22-11-13-28(30-14-7-15-31-28)27(22,6)24(17-23(21)26)35-34-33-25(2,3)4/h17,19-22,24H,7-16H2,1-6H3/t19-,20-,21+,22+,24?,26+,27-/m1/s1. The first kappa shape index (κ1) is 26.0. The Bertz CT molecular complexity index is 845. The zero-order valence-corrected chi connectivity index (χ0v) is 23.2. The molecule has 0 N–H and O–H groups in total. The van der Waals surface area contributed by atoms with Crippen LogP contribution in [0.2, 0.25) is 0 Å². The molecule has 1 spiro atoms. The largest absolute Gasteiger partial charge is 0.463 e. The summed E-state index contributed by atoms with van der Waals surface area (Å²) in [5, 5.41) is 0.0727. The van der Waals surface area contributed by atoms with E-state index < -0.39 is 5.79 Å². The highest BCUT2D eigenvalue weighted by atomic mass is 32.2. The molecule has 5 rings (SSSR count). The normalized spacial score (nSPS) is 42.6. The minimum atomic E-state index is -0.550. The van der Waals surface area contributed by atoms with Crippen molar-refractivity contribution in [2.75, 3.05) is 13.2 Å². The van der Waals surface area contributed by atoms with Crippen molar-refractivity contribution < 1.29 is 28.2 Å². The third-order valence-corrected chi connectivity index (χ3v) is 10.8. The summed E-state index contributed by atoms with van der Waals surface area (Å²) >= 11 is 1.44. The number of fused-ring (bicyclic) bond motifs is 6. The smallest absolute Gasteiger partial charge is 0.302 e. The molecule has 7 atom stereocenters. The Labute approximate surface area is 215 Å². The van der Waals surface area contributed by atoms with Crippen LogP contribution in [0.25, 0.3) is 0 Å². The average molecular weight is 509 g/mol. The molecule has 5 aliphatic rings. The maximum atomic E-state index is 11.6. The van der Waals surface area contributed by atoms with Gasteiger partial charge in [0.25, 0.3) is 0 Å². The number of carbonyl (C=O) groups is 1. The Morgan fingerprint density at radius 2 is 1.83 bits per heavy atom. The number of hydrogen-bond donors (Lipinski definition) is 0. The van der Waals surface area contributed by atoms with Crippen LogP contribution >= 0.6 is 12.0 Å². The van der Waals surface area contributed by atoms with Crippen molar-refractivity contribution in [2.24, 2.45) is 28.6 Å². The number of esters is 1. The van der Waals surface area contributed by atoms with Gasteiger partial charge in [0.05, 0.1) is 24.1 Å². The van der Waals surface area contributed by atoms with Crippen LogP contribution in [0.1, 0.15) is 92.9 Å². The van der Waals surface area contributed by atoms with E-state index in [1.165, 1.54) is 31.8 Å². The highest BCUT2D eigenvalue weighted by molar-refractivity contribution is 7.95. The number of rotatable bonds is 4. The van der Waals surface area contributed by atoms with Gasteiger partial charge in [-0.05, 0) is 88.9 Å². The van der Waals surface area contributed by atoms with E-state index in [0.29, 0.717) is 17.8 Å². The predicted octanol–water partition coefficient (Wildman–Crippen LogP) is 6.39. The maximum Gasteiger partial charge on any atom is 0.302 e. The van der Waals surface area contributed by atoms with Gasteiger partial charge in [0, 0.05) is 30.8 Å². The van der Waals surface area contributed by atoms with Crippen molar-refractivity contribution in [3.63, 3.8) is 0 Å². The molecule has 0 radical (unpaired) electrons. The minimum Gasteiger partial charge on any atom is -0.463 e. The van der Waals surface area contributed by atoms with Crippen LogP contribution < -0.4 is 0 Å². The molecular weight excluding hydrogens is 464 g/mol. The summed E-state index contributed by atoms with van der Waals surface area (Å²) in [4.78, 5) is 17.3. The van der Waals surface area contributed by atoms with Gasteiger partial charge in [-0.15, -0.1) is 0 Å². The Balaban J connectivity index is 1.48. The van der Waals surface area contributed by atoms with Crippen LogP contribution in [0.5, 0.6) is 0 Å². The highest BCUT2D eigenvalue weighted by Gasteiger charge is 2.68. The van der Waals surface area contributed by atoms with Gasteiger partial charge >= 0.3 is 5.97 Å². The van der Waals surface area contributed by atoms with Gasteiger partial charge in [0.1, 0.15) is 6.10 Å². The second kappa shape index (κ2) is 9.30. The molecule has 0 aromatic rings. The van der Waals surface area contributed by atoms with E-state index in [-0.39, 0.29) is 33.8 Å². The molecule has 4 aliphatic carbocycles. The molecular formula is C28H44O6S. The Kier molecular flexibility index (Phi) is 6.92. The lowest BCUT2D eigenvalue weighted by atomic mass is 9.49. The number of allylic oxidation sites excluding steroid dienone is 1. The molecule has 3 saturated carbocycles. The van der Waals surface area contributed by atoms with Crippen molar-refractivity contribution in [3.05, 3.63) is 11.6 Å². The van der Waals surface area contributed by atoms with Crippen molar-refractivity contribution >= 4 is 18.0 Å². The summed E-state index contributed by atoms with van der Waals surface area (Å²) in [5.41, 5.74) is 1.17. The van der Waals surface area contributed by atoms with E-state index >= 15 is 0 Å². The number of hydrogen-bond acceptors (Lipinski definition) is 7. The molecule has 0 amide bonds. The lowest BCUT2D eigenvalue weighted by Crippen LogP contribution is -2.60. The van der Waals surface area contributed by atoms with Crippen molar-refractivity contribution in [1.29, 1.82) is 0 Å². The molecule has 4 fully saturated rings. The molecule has 35 heavy (non-hydrogen) atoms. The quantitative estimate of drug-likeness (QED) is 0.143. The van der Waals surface area contributed by atoms with Crippen LogP contribution in [-0.4, -0.2) is 41.9 Å². The van der Waals surface area contributed by atoms with Gasteiger partial charge in [-0.2, -0.15) is 4.33 Å². The zero-order valence-electron chi connectivity index (χ0n) is 22.4. The van der Waals surface area contributed by atoms with E-state index in [0.717, 1.165) is 51.7 Å². The summed E-state index contributed by atoms with van der Waals surface area (Å²) in [6, 6.07) is 0. The van der Waals surface area contributed by atoms with Gasteiger partial charge in [-0.25, -0.2) is 4.89 Å². The minimum absolute atomic E-state index is 0.0593. The lowest BCUT2D eigenvalue weighted by Gasteiger charge is -2.59. The first-order valence-electron chi connectivity index (χ1n) is 13.7. The van der Waals surface area contributed by atoms with Crippen LogP contribution in [0.3, 0.4) is 0 Å². The second-order valence-corrected chi connectivity index (χ2v) is 13.8. The van der Waals surface area contributed by atoms with Crippen LogP contribution in [-0.2, 0) is 28.2 Å². The van der Waals surface area contributed by atoms with Gasteiger partial charge < -0.3 is 14.2 Å². The molecule has 0 aromatic carbocycles. The van der Waals surface area contributed by atoms with E-state index in [1.807, 2.05) is 20.8 Å². The van der Waals surface area contributed by atoms with E-state index in [2.05, 4.69) is 19.9 Å². The zero-order chi connectivity index (χ0) is 25.1. The Morgan fingerprint density at radius 3 is 2.51 bits per heavy atom. The van der Waals surface area contributed by atoms with Crippen LogP contribution in [0.15, 0.2) is 11.6 Å². The summed E-state index contributed by atoms with van der Waals surface area (Å²) < 4.78 is 24.6. The fraction of sp³-hybridized carbons (Fsp3) is 0.893. The van der Waals surface area contributed by atoms with Gasteiger partial charge in [-0.1, -0.05) is 25.5 Å². The third-order valence-electron chi connectivity index (χ3n) is 9.82. The molecule has 6 nitrogen and oxygen atoms in total. The number of ether oxygens (including phenoxy) is 3. The van der Waals surface area contributed by atoms with Crippen molar-refractivity contribution in [3.8, 4) is 0 Å². The summed E-state index contributed by atoms with van der Waals surface area (Å²) in [7, 11) is 0. The molecule has 1 aliphatic heterocycles. The predicted molar refractivity (Wildman–Crippen MR) is 135 cm³/mol. The Morgan fingerprint density at radius 1 is 1.09 bits per heavy atom. The first-order chi connectivity index (χ1) is 16.5. The molecule has 1 saturated heterocycles. The van der Waals surface area contributed by atoms with Crippen LogP contribution in [0, 0.1) is 28.6 Å². The fourth-order valence-electron chi connectivity index (χ4n) is 8.11. The number of carbonyl (C=O) groups excluding carboxylic acids is 1. The molecule has 1 unspecified atom stereocenters. The molecule has 0 bridgehead atoms. The topological polar surface area (TPSA) is 63.2 Å². The monoisotopic (exact) mass is 508 g/mol. The third kappa shape index (κ3) is 4.41. The fourth-order valence-corrected chi connectivity index (χ4v) is 9.20. The Hall–Kier alpha value is -0.600. The average Bonchev–Trinajstić information content (AvgIpc) is 3.06. The van der Waals surface area contributed by atoms with Crippen molar-refractivity contribution in [2.45, 2.75) is 116 Å². The van der Waals surface area contributed by atoms with Gasteiger partial charge in [0.15, 0.2) is 5.79 Å². The van der Waals surface area contributed by atoms with E-state index in [1.54, 1.807) is 5.57 Å². The SMILES string of the molecule is CC(=O)O[C@@H]1CC[C@]2(C)C3=CC(SOOC(C)(C)C)[C@@]4(C)[C@@H](CCC45OCCCO5)[C@@H]3CC[C@@H]2C1. The lowest BCUT2D eigenvalue weighted by molar-refractivity contribution is -0.316. The maximum absolute atomic E-state index is 11.6. The molecule has 1 heterocycles. The van der Waals surface area contributed by atoms with E-state index in [4.69, 9.17) is 23.4 Å². The molecule has 198 valence electrons. The second-order valence-electron chi connectivity index (χ2n) is 12.9. The van der Waals surface area contributed by atoms with Gasteiger partial charge in [-0.3, -0.25) is 4.79 Å². The highest BCUT2D eigenvalue weighted by Crippen LogP contribution is 2.69. The van der Waals surface area contributed by atoms with Crippen molar-refractivity contribution in [1.82, 2.24) is 0 Å². The molecule has 0 aromatic heterocycles. The molecule has 7 heteroatoms.